The van der Waals surface area contributed by atoms with Crippen LogP contribution in [0.5, 0.6) is 5.75 Å². The highest BCUT2D eigenvalue weighted by Crippen LogP contribution is 2.30. The van der Waals surface area contributed by atoms with Gasteiger partial charge in [-0.1, -0.05) is 35.9 Å². The lowest BCUT2D eigenvalue weighted by Gasteiger charge is -2.16. The molecule has 0 atom stereocenters. The van der Waals surface area contributed by atoms with Crippen molar-refractivity contribution in [1.29, 1.82) is 0 Å². The smallest absolute Gasteiger partial charge is 0.282 e. The molecular formula is C32H24ClFN4O3. The average molecular weight is 567 g/mol. The maximum Gasteiger partial charge on any atom is 0.282 e. The first-order chi connectivity index (χ1) is 19.9. The van der Waals surface area contributed by atoms with Crippen LogP contribution in [-0.2, 0) is 6.61 Å². The Hall–Kier alpha value is -4.95. The number of furan rings is 1. The molecule has 2 heterocycles. The lowest BCUT2D eigenvalue weighted by atomic mass is 10.2. The van der Waals surface area contributed by atoms with Crippen LogP contribution in [0.15, 0.2) is 105 Å². The van der Waals surface area contributed by atoms with Gasteiger partial charge in [0.05, 0.1) is 17.1 Å². The van der Waals surface area contributed by atoms with Gasteiger partial charge in [-0.25, -0.2) is 9.37 Å². The lowest BCUT2D eigenvalue weighted by molar-refractivity contribution is 0.305. The summed E-state index contributed by atoms with van der Waals surface area (Å²) in [6.45, 7) is 0.224. The Morgan fingerprint density at radius 1 is 1.02 bits per heavy atom. The monoisotopic (exact) mass is 566 g/mol. The Bertz CT molecular complexity index is 1980. The van der Waals surface area contributed by atoms with Crippen molar-refractivity contribution >= 4 is 45.4 Å². The molecule has 0 aliphatic carbocycles. The first-order valence-corrected chi connectivity index (χ1v) is 13.2. The number of halogens is 2. The molecule has 4 aromatic carbocycles. The lowest BCUT2D eigenvalue weighted by Crippen LogP contribution is -2.20. The number of aromatic nitrogens is 2. The summed E-state index contributed by atoms with van der Waals surface area (Å²) in [5.41, 5.74) is 3.16. The van der Waals surface area contributed by atoms with Crippen molar-refractivity contribution in [2.45, 2.75) is 6.61 Å². The first kappa shape index (κ1) is 26.3. The predicted molar refractivity (Wildman–Crippen MR) is 161 cm³/mol. The van der Waals surface area contributed by atoms with Gasteiger partial charge in [0.25, 0.3) is 5.56 Å². The van der Waals surface area contributed by atoms with E-state index in [9.17, 15) is 9.18 Å². The van der Waals surface area contributed by atoms with E-state index in [0.29, 0.717) is 38.6 Å². The molecule has 7 nitrogen and oxygen atoms in total. The Morgan fingerprint density at radius 2 is 1.83 bits per heavy atom. The zero-order valence-corrected chi connectivity index (χ0v) is 23.0. The average Bonchev–Trinajstić information content (AvgIpc) is 3.39. The van der Waals surface area contributed by atoms with Crippen molar-refractivity contribution < 1.29 is 13.5 Å². The van der Waals surface area contributed by atoms with Crippen LogP contribution >= 0.6 is 11.6 Å². The zero-order valence-electron chi connectivity index (χ0n) is 22.2. The fraction of sp³-hybridized carbons (Fsp3) is 0.0938. The number of ether oxygens (including phenoxy) is 1. The van der Waals surface area contributed by atoms with Crippen molar-refractivity contribution in [3.63, 3.8) is 0 Å². The minimum Gasteiger partial charge on any atom is -0.488 e. The molecule has 0 saturated heterocycles. The van der Waals surface area contributed by atoms with Gasteiger partial charge in [0.2, 0.25) is 5.82 Å². The molecule has 2 aromatic heterocycles. The summed E-state index contributed by atoms with van der Waals surface area (Å²) in [5, 5.41) is 6.35. The van der Waals surface area contributed by atoms with E-state index >= 15 is 0 Å². The Kier molecular flexibility index (Phi) is 6.99. The number of nitrogens with zero attached hydrogens (tertiary/aromatic N) is 4. The van der Waals surface area contributed by atoms with Crippen molar-refractivity contribution in [1.82, 2.24) is 9.66 Å². The normalized spacial score (nSPS) is 11.5. The number of hydrogen-bond acceptors (Lipinski definition) is 6. The van der Waals surface area contributed by atoms with E-state index in [0.717, 1.165) is 16.6 Å². The second-order valence-electron chi connectivity index (χ2n) is 9.64. The van der Waals surface area contributed by atoms with Crippen LogP contribution in [0.3, 0.4) is 0 Å². The standard InChI is InChI=1S/C32H24ClFN4O3/c1-37(2)25-13-9-21(29(17-25)40-19-20-7-11-24(34)12-8-20)18-35-38-31(36-27-6-4-3-5-26(27)32(38)39)30-16-22-15-23(33)10-14-28(22)41-30/h3-18H,19H2,1-2H3. The van der Waals surface area contributed by atoms with Crippen LogP contribution in [0.25, 0.3) is 33.5 Å². The van der Waals surface area contributed by atoms with Crippen molar-refractivity contribution in [2.24, 2.45) is 5.10 Å². The van der Waals surface area contributed by atoms with Gasteiger partial charge in [0, 0.05) is 41.8 Å². The van der Waals surface area contributed by atoms with Crippen LogP contribution in [0.4, 0.5) is 10.1 Å². The van der Waals surface area contributed by atoms with Crippen LogP contribution in [0.2, 0.25) is 5.02 Å². The minimum atomic E-state index is -0.348. The SMILES string of the molecule is CN(C)c1ccc(C=Nn2c(-c3cc4cc(Cl)ccc4o3)nc3ccccc3c2=O)c(OCc2ccc(F)cc2)c1. The minimum absolute atomic E-state index is 0.224. The number of hydrogen-bond donors (Lipinski definition) is 0. The second-order valence-corrected chi connectivity index (χ2v) is 10.1. The van der Waals surface area contributed by atoms with Crippen LogP contribution < -0.4 is 15.2 Å². The first-order valence-electron chi connectivity index (χ1n) is 12.8. The predicted octanol–water partition coefficient (Wildman–Crippen LogP) is 7.13. The van der Waals surface area contributed by atoms with E-state index in [1.165, 1.54) is 16.8 Å². The second kappa shape index (κ2) is 10.9. The molecule has 0 radical (unpaired) electrons. The van der Waals surface area contributed by atoms with E-state index in [1.54, 1.807) is 60.8 Å². The van der Waals surface area contributed by atoms with Gasteiger partial charge in [-0.2, -0.15) is 9.78 Å². The zero-order chi connectivity index (χ0) is 28.5. The van der Waals surface area contributed by atoms with Gasteiger partial charge < -0.3 is 14.1 Å². The van der Waals surface area contributed by atoms with Gasteiger partial charge >= 0.3 is 0 Å². The molecular weight excluding hydrogens is 543 g/mol. The molecule has 0 bridgehead atoms. The molecule has 204 valence electrons. The summed E-state index contributed by atoms with van der Waals surface area (Å²) in [6, 6.07) is 26.0. The van der Waals surface area contributed by atoms with Crippen LogP contribution in [-0.4, -0.2) is 30.0 Å². The quantitative estimate of drug-likeness (QED) is 0.192. The summed E-state index contributed by atoms with van der Waals surface area (Å²) < 4.78 is 26.8. The molecule has 0 spiro atoms. The number of rotatable bonds is 7. The third kappa shape index (κ3) is 5.42. The van der Waals surface area contributed by atoms with Crippen molar-refractivity contribution in [3.8, 4) is 17.3 Å². The molecule has 0 unspecified atom stereocenters. The number of fused-ring (bicyclic) bond motifs is 2. The summed E-state index contributed by atoms with van der Waals surface area (Å²) in [5.74, 6) is 0.856. The fourth-order valence-corrected chi connectivity index (χ4v) is 4.59. The van der Waals surface area contributed by atoms with Gasteiger partial charge in [0.15, 0.2) is 5.76 Å². The molecule has 41 heavy (non-hydrogen) atoms. The third-order valence-corrected chi connectivity index (χ3v) is 6.82. The van der Waals surface area contributed by atoms with Crippen molar-refractivity contribution in [2.75, 3.05) is 19.0 Å². The maximum atomic E-state index is 13.7. The fourth-order valence-electron chi connectivity index (χ4n) is 4.41. The van der Waals surface area contributed by atoms with E-state index < -0.39 is 0 Å². The topological polar surface area (TPSA) is 72.9 Å². The molecule has 6 aromatic rings. The van der Waals surface area contributed by atoms with Gasteiger partial charge in [-0.15, -0.1) is 0 Å². The van der Waals surface area contributed by atoms with E-state index in [4.69, 9.17) is 25.7 Å². The Balaban J connectivity index is 1.44. The molecule has 9 heteroatoms. The molecule has 0 N–H and O–H groups in total. The van der Waals surface area contributed by atoms with Gasteiger partial charge in [-0.3, -0.25) is 4.79 Å². The number of anilines is 1. The Morgan fingerprint density at radius 3 is 2.63 bits per heavy atom. The van der Waals surface area contributed by atoms with Gasteiger partial charge in [-0.05, 0) is 66.2 Å². The molecule has 6 rings (SSSR count). The largest absolute Gasteiger partial charge is 0.488 e. The highest BCUT2D eigenvalue weighted by molar-refractivity contribution is 6.31. The van der Waals surface area contributed by atoms with Crippen LogP contribution in [0.1, 0.15) is 11.1 Å². The molecule has 0 fully saturated rings. The molecule has 0 saturated carbocycles. The highest BCUT2D eigenvalue weighted by atomic mass is 35.5. The van der Waals surface area contributed by atoms with E-state index in [1.807, 2.05) is 43.3 Å². The molecule has 0 aliphatic heterocycles. The van der Waals surface area contributed by atoms with Crippen molar-refractivity contribution in [3.05, 3.63) is 123 Å². The molecule has 0 aliphatic rings. The number of benzene rings is 4. The van der Waals surface area contributed by atoms with E-state index in [-0.39, 0.29) is 23.8 Å². The third-order valence-electron chi connectivity index (χ3n) is 6.59. The molecule has 0 amide bonds. The summed E-state index contributed by atoms with van der Waals surface area (Å²) >= 11 is 6.18. The summed E-state index contributed by atoms with van der Waals surface area (Å²) in [7, 11) is 3.86. The number of para-hydroxylation sites is 1. The van der Waals surface area contributed by atoms with Gasteiger partial charge in [0.1, 0.15) is 23.8 Å². The Labute approximate surface area is 239 Å². The van der Waals surface area contributed by atoms with E-state index in [2.05, 4.69) is 5.10 Å². The maximum absolute atomic E-state index is 13.7. The summed E-state index contributed by atoms with van der Waals surface area (Å²) in [6.07, 6.45) is 1.56. The van der Waals surface area contributed by atoms with Crippen LogP contribution in [0, 0.1) is 5.82 Å². The highest BCUT2D eigenvalue weighted by Gasteiger charge is 2.17. The summed E-state index contributed by atoms with van der Waals surface area (Å²) in [4.78, 5) is 20.3.